The van der Waals surface area contributed by atoms with E-state index in [0.717, 1.165) is 29.8 Å². The standard InChI is InChI=1S/C23H25N11O/c1-4-33-27-12-20(29-33)16(3)35-21-9-17(13-32-23(21)18(10-24)11-26-32)22-15(2)34(30-28-22)19-5-7-31(14-25)8-6-19/h9,11-13,16,19H,4-8H2,1-3H3. The van der Waals surface area contributed by atoms with Gasteiger partial charge in [-0.25, -0.2) is 9.20 Å². The zero-order valence-corrected chi connectivity index (χ0v) is 19.8. The number of aromatic nitrogens is 8. The fourth-order valence-corrected chi connectivity index (χ4v) is 4.45. The van der Waals surface area contributed by atoms with Gasteiger partial charge < -0.3 is 9.64 Å². The molecule has 1 aliphatic heterocycles. The summed E-state index contributed by atoms with van der Waals surface area (Å²) in [5.74, 6) is 0.506. The molecule has 0 spiro atoms. The third kappa shape index (κ3) is 4.04. The van der Waals surface area contributed by atoms with E-state index in [1.54, 1.807) is 20.4 Å². The lowest BCUT2D eigenvalue weighted by atomic mass is 10.0. The summed E-state index contributed by atoms with van der Waals surface area (Å²) >= 11 is 0. The SMILES string of the molecule is CCn1ncc(C(C)Oc2cc(-c3nnn(C4CCN(C#N)CC4)c3C)cn3ncc(C#N)c23)n1. The first-order valence-electron chi connectivity index (χ1n) is 11.6. The van der Waals surface area contributed by atoms with Gasteiger partial charge in [-0.05, 0) is 39.7 Å². The summed E-state index contributed by atoms with van der Waals surface area (Å²) in [6.07, 6.45) is 8.54. The Bertz CT molecular complexity index is 1440. The van der Waals surface area contributed by atoms with E-state index in [0.29, 0.717) is 42.2 Å². The summed E-state index contributed by atoms with van der Waals surface area (Å²) < 4.78 is 9.89. The number of aryl methyl sites for hydroxylation is 1. The van der Waals surface area contributed by atoms with Crippen molar-refractivity contribution in [3.8, 4) is 29.3 Å². The van der Waals surface area contributed by atoms with Crippen LogP contribution in [0.25, 0.3) is 16.8 Å². The molecule has 1 atom stereocenters. The first-order chi connectivity index (χ1) is 17.0. The maximum atomic E-state index is 9.62. The van der Waals surface area contributed by atoms with E-state index in [2.05, 4.69) is 37.9 Å². The largest absolute Gasteiger partial charge is 0.482 e. The van der Waals surface area contributed by atoms with E-state index in [-0.39, 0.29) is 6.04 Å². The zero-order valence-electron chi connectivity index (χ0n) is 19.8. The normalized spacial score (nSPS) is 15.2. The summed E-state index contributed by atoms with van der Waals surface area (Å²) in [4.78, 5) is 3.37. The molecule has 0 radical (unpaired) electrons. The van der Waals surface area contributed by atoms with Crippen LogP contribution in [0.1, 0.15) is 55.8 Å². The number of fused-ring (bicyclic) bond motifs is 1. The van der Waals surface area contributed by atoms with Gasteiger partial charge in [0, 0.05) is 24.8 Å². The van der Waals surface area contributed by atoms with Crippen LogP contribution < -0.4 is 4.74 Å². The molecule has 5 heterocycles. The third-order valence-electron chi connectivity index (χ3n) is 6.41. The summed E-state index contributed by atoms with van der Waals surface area (Å²) in [7, 11) is 0. The summed E-state index contributed by atoms with van der Waals surface area (Å²) in [5, 5.41) is 40.7. The Hall–Kier alpha value is -4.45. The molecule has 1 saturated heterocycles. The highest BCUT2D eigenvalue weighted by Crippen LogP contribution is 2.34. The molecule has 1 fully saturated rings. The van der Waals surface area contributed by atoms with Crippen molar-refractivity contribution in [3.63, 3.8) is 0 Å². The van der Waals surface area contributed by atoms with Gasteiger partial charge in [-0.1, -0.05) is 5.21 Å². The van der Waals surface area contributed by atoms with Crippen LogP contribution in [0.2, 0.25) is 0 Å². The van der Waals surface area contributed by atoms with Crippen molar-refractivity contribution in [2.75, 3.05) is 13.1 Å². The number of hydrogen-bond acceptors (Lipinski definition) is 9. The smallest absolute Gasteiger partial charge is 0.179 e. The molecule has 0 aliphatic carbocycles. The Morgan fingerprint density at radius 2 is 2.00 bits per heavy atom. The van der Waals surface area contributed by atoms with E-state index in [4.69, 9.17) is 10.00 Å². The number of hydrogen-bond donors (Lipinski definition) is 0. The monoisotopic (exact) mass is 471 g/mol. The minimum absolute atomic E-state index is 0.191. The Morgan fingerprint density at radius 3 is 2.69 bits per heavy atom. The third-order valence-corrected chi connectivity index (χ3v) is 6.41. The number of nitrogens with zero attached hydrogens (tertiary/aromatic N) is 11. The van der Waals surface area contributed by atoms with Gasteiger partial charge in [0.2, 0.25) is 0 Å². The van der Waals surface area contributed by atoms with Crippen LogP contribution in [0, 0.1) is 29.7 Å². The van der Waals surface area contributed by atoms with Crippen molar-refractivity contribution in [2.24, 2.45) is 0 Å². The number of nitriles is 2. The second kappa shape index (κ2) is 9.06. The number of rotatable bonds is 6. The highest BCUT2D eigenvalue weighted by atomic mass is 16.5. The second-order valence-electron chi connectivity index (χ2n) is 8.56. The maximum Gasteiger partial charge on any atom is 0.179 e. The molecule has 1 unspecified atom stereocenters. The molecule has 12 heteroatoms. The number of ether oxygens (including phenoxy) is 1. The summed E-state index contributed by atoms with van der Waals surface area (Å²) in [6, 6.07) is 4.25. The molecule has 12 nitrogen and oxygen atoms in total. The van der Waals surface area contributed by atoms with Gasteiger partial charge in [0.05, 0.1) is 30.7 Å². The molecule has 0 aromatic carbocycles. The van der Waals surface area contributed by atoms with Crippen molar-refractivity contribution >= 4 is 5.52 Å². The predicted octanol–water partition coefficient (Wildman–Crippen LogP) is 2.64. The molecule has 4 aromatic rings. The lowest BCUT2D eigenvalue weighted by Crippen LogP contribution is -2.31. The topological polar surface area (TPSA) is 139 Å². The molecule has 0 saturated carbocycles. The highest BCUT2D eigenvalue weighted by molar-refractivity contribution is 5.74. The number of likely N-dealkylation sites (tertiary alicyclic amines) is 1. The van der Waals surface area contributed by atoms with Gasteiger partial charge in [0.1, 0.15) is 40.4 Å². The quantitative estimate of drug-likeness (QED) is 0.388. The maximum absolute atomic E-state index is 9.62. The minimum Gasteiger partial charge on any atom is -0.482 e. The van der Waals surface area contributed by atoms with E-state index in [1.165, 1.54) is 6.20 Å². The second-order valence-corrected chi connectivity index (χ2v) is 8.56. The fraction of sp³-hybridized carbons (Fsp3) is 0.435. The van der Waals surface area contributed by atoms with Crippen molar-refractivity contribution in [1.29, 1.82) is 10.5 Å². The first kappa shape index (κ1) is 22.3. The molecule has 5 rings (SSSR count). The van der Waals surface area contributed by atoms with E-state index < -0.39 is 6.10 Å². The van der Waals surface area contributed by atoms with Gasteiger partial charge in [0.25, 0.3) is 0 Å². The molecule has 0 amide bonds. The van der Waals surface area contributed by atoms with Crippen LogP contribution in [0.15, 0.2) is 24.7 Å². The number of piperidine rings is 1. The van der Waals surface area contributed by atoms with Crippen molar-refractivity contribution in [2.45, 2.75) is 52.3 Å². The molecule has 0 bridgehead atoms. The van der Waals surface area contributed by atoms with E-state index >= 15 is 0 Å². The summed E-state index contributed by atoms with van der Waals surface area (Å²) in [5.41, 5.74) is 4.12. The molecule has 1 aliphatic rings. The number of pyridine rings is 1. The van der Waals surface area contributed by atoms with Gasteiger partial charge >= 0.3 is 0 Å². The van der Waals surface area contributed by atoms with Gasteiger partial charge in [-0.15, -0.1) is 5.10 Å². The first-order valence-corrected chi connectivity index (χ1v) is 11.6. The van der Waals surface area contributed by atoms with Gasteiger partial charge in [-0.3, -0.25) is 0 Å². The Labute approximate surface area is 201 Å². The van der Waals surface area contributed by atoms with Crippen molar-refractivity contribution in [3.05, 3.63) is 41.6 Å². The lowest BCUT2D eigenvalue weighted by molar-refractivity contribution is 0.222. The Kier molecular flexibility index (Phi) is 5.79. The zero-order chi connectivity index (χ0) is 24.5. The average Bonchev–Trinajstić information content (AvgIpc) is 3.62. The van der Waals surface area contributed by atoms with E-state index in [1.807, 2.05) is 37.7 Å². The molecular weight excluding hydrogens is 446 g/mol. The average molecular weight is 472 g/mol. The molecule has 0 N–H and O–H groups in total. The lowest BCUT2D eigenvalue weighted by Gasteiger charge is -2.28. The van der Waals surface area contributed by atoms with Gasteiger partial charge in [-0.2, -0.15) is 30.6 Å². The van der Waals surface area contributed by atoms with Crippen molar-refractivity contribution < 1.29 is 4.74 Å². The van der Waals surface area contributed by atoms with Crippen LogP contribution in [-0.4, -0.2) is 57.6 Å². The van der Waals surface area contributed by atoms with Crippen LogP contribution in [-0.2, 0) is 6.54 Å². The van der Waals surface area contributed by atoms with Crippen LogP contribution in [0.5, 0.6) is 5.75 Å². The Morgan fingerprint density at radius 1 is 1.20 bits per heavy atom. The van der Waals surface area contributed by atoms with E-state index in [9.17, 15) is 5.26 Å². The predicted molar refractivity (Wildman–Crippen MR) is 124 cm³/mol. The van der Waals surface area contributed by atoms with Crippen LogP contribution in [0.4, 0.5) is 0 Å². The Balaban J connectivity index is 1.51. The summed E-state index contributed by atoms with van der Waals surface area (Å²) in [6.45, 7) is 7.94. The minimum atomic E-state index is -0.391. The molecule has 35 heavy (non-hydrogen) atoms. The van der Waals surface area contributed by atoms with Crippen LogP contribution in [0.3, 0.4) is 0 Å². The highest BCUT2D eigenvalue weighted by Gasteiger charge is 2.25. The molecule has 178 valence electrons. The molecular formula is C23H25N11O. The van der Waals surface area contributed by atoms with Gasteiger partial charge in [0.15, 0.2) is 6.19 Å². The van der Waals surface area contributed by atoms with Crippen molar-refractivity contribution in [1.82, 2.24) is 44.5 Å². The molecule has 4 aromatic heterocycles. The fourth-order valence-electron chi connectivity index (χ4n) is 4.45. The van der Waals surface area contributed by atoms with Crippen LogP contribution >= 0.6 is 0 Å².